The number of rotatable bonds is 19. The molecule has 0 aliphatic rings. The van der Waals surface area contributed by atoms with E-state index in [4.69, 9.17) is 4.74 Å². The van der Waals surface area contributed by atoms with E-state index in [0.717, 1.165) is 19.5 Å². The second kappa shape index (κ2) is 17.0. The summed E-state index contributed by atoms with van der Waals surface area (Å²) in [6.07, 6.45) is 9.24. The molecule has 1 aromatic rings. The van der Waals surface area contributed by atoms with Crippen molar-refractivity contribution in [2.75, 3.05) is 26.7 Å². The monoisotopic (exact) mass is 457 g/mol. The molecule has 0 saturated heterocycles. The predicted octanol–water partition coefficient (Wildman–Crippen LogP) is 7.37. The summed E-state index contributed by atoms with van der Waals surface area (Å²) in [6, 6.07) is 6.94. The first kappa shape index (κ1) is 28.5. The number of Topliss-reactive ketones (excluding diaryl/α,β-unsaturated/α-hetero) is 1. The number of ketones is 1. The Morgan fingerprint density at radius 2 is 1.38 bits per heavy atom. The quantitative estimate of drug-likeness (QED) is 0.203. The van der Waals surface area contributed by atoms with Crippen molar-refractivity contribution in [2.24, 2.45) is 0 Å². The van der Waals surface area contributed by atoms with Gasteiger partial charge in [0.15, 0.2) is 0 Å². The van der Waals surface area contributed by atoms with Crippen molar-refractivity contribution in [3.8, 4) is 5.75 Å². The van der Waals surface area contributed by atoms with Crippen LogP contribution in [0.25, 0.3) is 0 Å². The Labute approximate surface area is 192 Å². The van der Waals surface area contributed by atoms with Crippen molar-refractivity contribution >= 4 is 5.78 Å². The standard InChI is InChI=1S/C26H42F3NO2/c1-3-4-5-6-7-8-9-10-11-12-20-30(2)21-13-22-32-24-17-14-23(15-18-24)16-19-25(31)26(27,28)29/h14-15,17-18H,3-13,16,19-22H2,1-2H3. The minimum Gasteiger partial charge on any atom is -0.494 e. The highest BCUT2D eigenvalue weighted by atomic mass is 19.4. The molecule has 184 valence electrons. The van der Waals surface area contributed by atoms with Gasteiger partial charge < -0.3 is 9.64 Å². The van der Waals surface area contributed by atoms with Crippen LogP contribution in [0, 0.1) is 0 Å². The molecule has 0 aromatic heterocycles. The van der Waals surface area contributed by atoms with Gasteiger partial charge in [-0.2, -0.15) is 13.2 Å². The van der Waals surface area contributed by atoms with E-state index in [0.29, 0.717) is 17.9 Å². The van der Waals surface area contributed by atoms with Crippen LogP contribution in [-0.2, 0) is 11.2 Å². The van der Waals surface area contributed by atoms with Gasteiger partial charge in [0.25, 0.3) is 0 Å². The Morgan fingerprint density at radius 1 is 0.844 bits per heavy atom. The Balaban J connectivity index is 2.02. The van der Waals surface area contributed by atoms with Crippen LogP contribution in [0.1, 0.15) is 89.5 Å². The summed E-state index contributed by atoms with van der Waals surface area (Å²) in [4.78, 5) is 13.3. The average Bonchev–Trinajstić information content (AvgIpc) is 2.76. The molecule has 0 saturated carbocycles. The second-order valence-corrected chi connectivity index (χ2v) is 8.75. The van der Waals surface area contributed by atoms with Gasteiger partial charge in [0, 0.05) is 13.0 Å². The minimum absolute atomic E-state index is 0.0857. The lowest BCUT2D eigenvalue weighted by atomic mass is 10.1. The topological polar surface area (TPSA) is 29.5 Å². The number of halogens is 3. The predicted molar refractivity (Wildman–Crippen MR) is 125 cm³/mol. The zero-order chi connectivity index (χ0) is 23.7. The third-order valence-corrected chi connectivity index (χ3v) is 5.73. The number of carbonyl (C=O) groups is 1. The number of carbonyl (C=O) groups excluding carboxylic acids is 1. The van der Waals surface area contributed by atoms with E-state index in [9.17, 15) is 18.0 Å². The SMILES string of the molecule is CCCCCCCCCCCCN(C)CCCOc1ccc(CCC(=O)C(F)(F)F)cc1. The van der Waals surface area contributed by atoms with Crippen molar-refractivity contribution in [2.45, 2.75) is 96.6 Å². The van der Waals surface area contributed by atoms with Crippen LogP contribution in [0.5, 0.6) is 5.75 Å². The summed E-state index contributed by atoms with van der Waals surface area (Å²) >= 11 is 0. The highest BCUT2D eigenvalue weighted by Crippen LogP contribution is 2.20. The number of hydrogen-bond acceptors (Lipinski definition) is 3. The number of hydrogen-bond donors (Lipinski definition) is 0. The van der Waals surface area contributed by atoms with Gasteiger partial charge >= 0.3 is 6.18 Å². The summed E-state index contributed by atoms with van der Waals surface area (Å²) in [5, 5.41) is 0. The van der Waals surface area contributed by atoms with E-state index in [1.54, 1.807) is 24.3 Å². The molecule has 0 aliphatic carbocycles. The molecule has 0 N–H and O–H groups in total. The molecule has 0 amide bonds. The van der Waals surface area contributed by atoms with Crippen LogP contribution in [-0.4, -0.2) is 43.6 Å². The molecule has 0 aliphatic heterocycles. The number of nitrogens with zero attached hydrogens (tertiary/aromatic N) is 1. The van der Waals surface area contributed by atoms with E-state index in [1.165, 1.54) is 64.2 Å². The van der Waals surface area contributed by atoms with Crippen molar-refractivity contribution in [1.29, 1.82) is 0 Å². The first-order chi connectivity index (χ1) is 15.3. The molecule has 0 unspecified atom stereocenters. The number of alkyl halides is 3. The number of aryl methyl sites for hydroxylation is 1. The summed E-state index contributed by atoms with van der Waals surface area (Å²) in [5.41, 5.74) is 0.700. The Hall–Kier alpha value is -1.56. The molecule has 0 fully saturated rings. The summed E-state index contributed by atoms with van der Waals surface area (Å²) in [5.74, 6) is -0.979. The molecular weight excluding hydrogens is 415 g/mol. The third-order valence-electron chi connectivity index (χ3n) is 5.73. The maximum atomic E-state index is 12.2. The zero-order valence-electron chi connectivity index (χ0n) is 20.0. The summed E-state index contributed by atoms with van der Waals surface area (Å²) in [6.45, 7) is 4.95. The van der Waals surface area contributed by atoms with E-state index in [2.05, 4.69) is 18.9 Å². The third kappa shape index (κ3) is 14.5. The molecule has 1 aromatic carbocycles. The summed E-state index contributed by atoms with van der Waals surface area (Å²) < 4.78 is 42.5. The van der Waals surface area contributed by atoms with Crippen molar-refractivity contribution in [3.05, 3.63) is 29.8 Å². The molecule has 0 atom stereocenters. The first-order valence-corrected chi connectivity index (χ1v) is 12.3. The molecule has 0 bridgehead atoms. The van der Waals surface area contributed by atoms with E-state index in [-0.39, 0.29) is 6.42 Å². The highest BCUT2D eigenvalue weighted by Gasteiger charge is 2.37. The molecule has 0 heterocycles. The lowest BCUT2D eigenvalue weighted by molar-refractivity contribution is -0.171. The van der Waals surface area contributed by atoms with E-state index >= 15 is 0 Å². The Kier molecular flexibility index (Phi) is 15.1. The normalized spacial score (nSPS) is 11.8. The van der Waals surface area contributed by atoms with Crippen molar-refractivity contribution in [1.82, 2.24) is 4.90 Å². The van der Waals surface area contributed by atoms with Gasteiger partial charge in [0.05, 0.1) is 6.61 Å². The molecular formula is C26H42F3NO2. The number of benzene rings is 1. The largest absolute Gasteiger partial charge is 0.494 e. The van der Waals surface area contributed by atoms with Gasteiger partial charge in [-0.25, -0.2) is 0 Å². The molecule has 0 radical (unpaired) electrons. The maximum Gasteiger partial charge on any atom is 0.449 e. The van der Waals surface area contributed by atoms with Crippen LogP contribution < -0.4 is 4.74 Å². The first-order valence-electron chi connectivity index (χ1n) is 12.3. The van der Waals surface area contributed by atoms with Gasteiger partial charge in [0.1, 0.15) is 5.75 Å². The molecule has 1 rings (SSSR count). The lowest BCUT2D eigenvalue weighted by Crippen LogP contribution is -2.22. The zero-order valence-corrected chi connectivity index (χ0v) is 20.0. The Bertz CT molecular complexity index is 602. The van der Waals surface area contributed by atoms with Crippen molar-refractivity contribution < 1.29 is 22.7 Å². The second-order valence-electron chi connectivity index (χ2n) is 8.75. The van der Waals surface area contributed by atoms with Gasteiger partial charge in [-0.05, 0) is 50.6 Å². The Morgan fingerprint density at radius 3 is 1.94 bits per heavy atom. The maximum absolute atomic E-state index is 12.2. The molecule has 3 nitrogen and oxygen atoms in total. The van der Waals surface area contributed by atoms with Crippen LogP contribution in [0.3, 0.4) is 0 Å². The van der Waals surface area contributed by atoms with Crippen molar-refractivity contribution in [3.63, 3.8) is 0 Å². The van der Waals surface area contributed by atoms with Gasteiger partial charge in [0.2, 0.25) is 5.78 Å². The molecule has 0 spiro atoms. The van der Waals surface area contributed by atoms with Crippen LogP contribution >= 0.6 is 0 Å². The molecule has 6 heteroatoms. The fraction of sp³-hybridized carbons (Fsp3) is 0.731. The summed E-state index contributed by atoms with van der Waals surface area (Å²) in [7, 11) is 2.14. The smallest absolute Gasteiger partial charge is 0.449 e. The van der Waals surface area contributed by atoms with Crippen LogP contribution in [0.15, 0.2) is 24.3 Å². The number of ether oxygens (including phenoxy) is 1. The van der Waals surface area contributed by atoms with E-state index < -0.39 is 18.4 Å². The van der Waals surface area contributed by atoms with Crippen LogP contribution in [0.4, 0.5) is 13.2 Å². The van der Waals surface area contributed by atoms with Gasteiger partial charge in [-0.15, -0.1) is 0 Å². The fourth-order valence-electron chi connectivity index (χ4n) is 3.66. The average molecular weight is 458 g/mol. The lowest BCUT2D eigenvalue weighted by Gasteiger charge is -2.16. The number of unbranched alkanes of at least 4 members (excludes halogenated alkanes) is 9. The fourth-order valence-corrected chi connectivity index (χ4v) is 3.66. The van der Waals surface area contributed by atoms with Gasteiger partial charge in [-0.3, -0.25) is 4.79 Å². The molecule has 32 heavy (non-hydrogen) atoms. The van der Waals surface area contributed by atoms with Gasteiger partial charge in [-0.1, -0.05) is 76.8 Å². The highest BCUT2D eigenvalue weighted by molar-refractivity contribution is 5.84. The van der Waals surface area contributed by atoms with Crippen LogP contribution in [0.2, 0.25) is 0 Å². The van der Waals surface area contributed by atoms with E-state index in [1.807, 2.05) is 0 Å². The minimum atomic E-state index is -4.75.